The summed E-state index contributed by atoms with van der Waals surface area (Å²) in [5, 5.41) is 21.2. The van der Waals surface area contributed by atoms with Gasteiger partial charge in [0.25, 0.3) is 5.91 Å². The summed E-state index contributed by atoms with van der Waals surface area (Å²) >= 11 is 0. The van der Waals surface area contributed by atoms with Gasteiger partial charge in [-0.3, -0.25) is 4.79 Å². The molecule has 3 N–H and O–H groups in total. The maximum Gasteiger partial charge on any atom is 0.354 e. The van der Waals surface area contributed by atoms with E-state index >= 15 is 0 Å². The minimum absolute atomic E-state index is 0.0831. The molecule has 142 valence electrons. The third kappa shape index (κ3) is 3.89. The molecule has 0 spiro atoms. The van der Waals surface area contributed by atoms with Crippen molar-refractivity contribution in [2.75, 3.05) is 5.32 Å². The van der Waals surface area contributed by atoms with Crippen molar-refractivity contribution in [3.05, 3.63) is 76.7 Å². The van der Waals surface area contributed by atoms with E-state index in [1.807, 2.05) is 24.3 Å². The molecule has 0 radical (unpaired) electrons. The normalized spacial score (nSPS) is 10.5. The molecule has 0 atom stereocenters. The third-order valence-corrected chi connectivity index (χ3v) is 4.37. The zero-order valence-electron chi connectivity index (χ0n) is 15.4. The Morgan fingerprint density at radius 3 is 2.57 bits per heavy atom. The number of aliphatic hydroxyl groups excluding tert-OH is 1. The predicted molar refractivity (Wildman–Crippen MR) is 104 cm³/mol. The van der Waals surface area contributed by atoms with Crippen molar-refractivity contribution >= 4 is 17.6 Å². The number of pyridine rings is 2. The number of anilines is 1. The van der Waals surface area contributed by atoms with Crippen molar-refractivity contribution in [1.29, 1.82) is 0 Å². The number of hydrogen-bond acceptors (Lipinski definition) is 5. The van der Waals surface area contributed by atoms with Crippen molar-refractivity contribution in [2.24, 2.45) is 0 Å². The van der Waals surface area contributed by atoms with Crippen molar-refractivity contribution in [3.63, 3.8) is 0 Å². The van der Waals surface area contributed by atoms with Crippen molar-refractivity contribution in [1.82, 2.24) is 9.97 Å². The fourth-order valence-corrected chi connectivity index (χ4v) is 2.82. The molecule has 2 heterocycles. The molecule has 3 aromatic rings. The molecule has 0 fully saturated rings. The van der Waals surface area contributed by atoms with E-state index in [1.54, 1.807) is 32.0 Å². The van der Waals surface area contributed by atoms with Gasteiger partial charge in [0.2, 0.25) is 0 Å². The summed E-state index contributed by atoms with van der Waals surface area (Å²) in [6.45, 7) is 3.28. The first-order chi connectivity index (χ1) is 13.4. The SMILES string of the molecule is Cc1ccc(-c2cccc(CO)c2)nc1C(=O)Nc1ccnc(C(=O)O)c1C. The van der Waals surface area contributed by atoms with Gasteiger partial charge in [0.05, 0.1) is 12.3 Å². The monoisotopic (exact) mass is 377 g/mol. The molecular formula is C21H19N3O4. The number of aromatic nitrogens is 2. The summed E-state index contributed by atoms with van der Waals surface area (Å²) in [4.78, 5) is 32.3. The van der Waals surface area contributed by atoms with Crippen LogP contribution in [0.3, 0.4) is 0 Å². The van der Waals surface area contributed by atoms with Gasteiger partial charge in [-0.25, -0.2) is 14.8 Å². The lowest BCUT2D eigenvalue weighted by atomic mass is 10.1. The summed E-state index contributed by atoms with van der Waals surface area (Å²) in [6.07, 6.45) is 1.34. The second-order valence-electron chi connectivity index (χ2n) is 6.31. The summed E-state index contributed by atoms with van der Waals surface area (Å²) in [5.74, 6) is -1.60. The summed E-state index contributed by atoms with van der Waals surface area (Å²) in [7, 11) is 0. The van der Waals surface area contributed by atoms with Crippen LogP contribution in [-0.2, 0) is 6.61 Å². The van der Waals surface area contributed by atoms with E-state index in [-0.39, 0.29) is 18.0 Å². The standard InChI is InChI=1S/C21H19N3O4/c1-12-6-7-17(15-5-3-4-14(10-15)11-25)23-18(12)20(26)24-16-8-9-22-19(13(16)2)21(27)28/h3-10,25H,11H2,1-2H3,(H,27,28)(H,22,24,26). The number of benzene rings is 1. The molecule has 0 aliphatic heterocycles. The highest BCUT2D eigenvalue weighted by molar-refractivity contribution is 6.05. The number of amides is 1. The van der Waals surface area contributed by atoms with Crippen LogP contribution >= 0.6 is 0 Å². The Morgan fingerprint density at radius 2 is 1.86 bits per heavy atom. The van der Waals surface area contributed by atoms with Gasteiger partial charge < -0.3 is 15.5 Å². The smallest absolute Gasteiger partial charge is 0.354 e. The van der Waals surface area contributed by atoms with E-state index in [1.165, 1.54) is 6.20 Å². The van der Waals surface area contributed by atoms with E-state index in [2.05, 4.69) is 15.3 Å². The van der Waals surface area contributed by atoms with Gasteiger partial charge in [0.15, 0.2) is 5.69 Å². The van der Waals surface area contributed by atoms with Crippen LogP contribution in [0.2, 0.25) is 0 Å². The number of aryl methyl sites for hydroxylation is 1. The number of carbonyl (C=O) groups is 2. The molecule has 28 heavy (non-hydrogen) atoms. The van der Waals surface area contributed by atoms with Crippen LogP contribution in [-0.4, -0.2) is 32.1 Å². The molecule has 7 nitrogen and oxygen atoms in total. The third-order valence-electron chi connectivity index (χ3n) is 4.37. The van der Waals surface area contributed by atoms with Crippen molar-refractivity contribution < 1.29 is 19.8 Å². The van der Waals surface area contributed by atoms with Crippen LogP contribution in [0.25, 0.3) is 11.3 Å². The molecule has 1 amide bonds. The number of carboxylic acids is 1. The molecule has 0 aliphatic rings. The highest BCUT2D eigenvalue weighted by Gasteiger charge is 2.17. The number of nitrogens with zero attached hydrogens (tertiary/aromatic N) is 2. The minimum atomic E-state index is -1.16. The largest absolute Gasteiger partial charge is 0.477 e. The fourth-order valence-electron chi connectivity index (χ4n) is 2.82. The Labute approximate surface area is 161 Å². The van der Waals surface area contributed by atoms with Gasteiger partial charge in [-0.05, 0) is 43.2 Å². The minimum Gasteiger partial charge on any atom is -0.477 e. The Kier molecular flexibility index (Phi) is 5.47. The Morgan fingerprint density at radius 1 is 1.07 bits per heavy atom. The average Bonchev–Trinajstić information content (AvgIpc) is 2.69. The van der Waals surface area contributed by atoms with Gasteiger partial charge in [-0.2, -0.15) is 0 Å². The number of rotatable bonds is 5. The van der Waals surface area contributed by atoms with Crippen molar-refractivity contribution in [3.8, 4) is 11.3 Å². The van der Waals surface area contributed by atoms with Gasteiger partial charge in [0.1, 0.15) is 5.69 Å². The summed E-state index contributed by atoms with van der Waals surface area (Å²) < 4.78 is 0. The van der Waals surface area contributed by atoms with Gasteiger partial charge >= 0.3 is 5.97 Å². The second kappa shape index (κ2) is 7.98. The summed E-state index contributed by atoms with van der Waals surface area (Å²) in [6, 6.07) is 12.4. The number of aromatic carboxylic acids is 1. The lowest BCUT2D eigenvalue weighted by Crippen LogP contribution is -2.17. The van der Waals surface area contributed by atoms with E-state index < -0.39 is 11.9 Å². The van der Waals surface area contributed by atoms with Gasteiger partial charge in [-0.1, -0.05) is 24.3 Å². The number of nitrogens with one attached hydrogen (secondary N) is 1. The van der Waals surface area contributed by atoms with Crippen LogP contribution in [0, 0.1) is 13.8 Å². The van der Waals surface area contributed by atoms with E-state index in [4.69, 9.17) is 0 Å². The lowest BCUT2D eigenvalue weighted by Gasteiger charge is -2.12. The highest BCUT2D eigenvalue weighted by atomic mass is 16.4. The number of carboxylic acid groups (broad SMARTS) is 1. The van der Waals surface area contributed by atoms with Gasteiger partial charge in [-0.15, -0.1) is 0 Å². The summed E-state index contributed by atoms with van der Waals surface area (Å²) in [5.41, 5.74) is 3.68. The van der Waals surface area contributed by atoms with Crippen LogP contribution in [0.5, 0.6) is 0 Å². The first kappa shape index (κ1) is 19.2. The molecule has 2 aromatic heterocycles. The molecule has 0 saturated heterocycles. The van der Waals surface area contributed by atoms with Crippen LogP contribution < -0.4 is 5.32 Å². The predicted octanol–water partition coefficient (Wildman–Crippen LogP) is 3.20. The topological polar surface area (TPSA) is 112 Å². The number of hydrogen-bond donors (Lipinski definition) is 3. The zero-order valence-corrected chi connectivity index (χ0v) is 15.4. The molecule has 1 aromatic carbocycles. The lowest BCUT2D eigenvalue weighted by molar-refractivity contribution is 0.0689. The van der Waals surface area contributed by atoms with E-state index in [9.17, 15) is 19.8 Å². The molecule has 0 saturated carbocycles. The maximum absolute atomic E-state index is 12.8. The first-order valence-corrected chi connectivity index (χ1v) is 8.58. The number of aliphatic hydroxyl groups is 1. The van der Waals surface area contributed by atoms with Crippen LogP contribution in [0.1, 0.15) is 37.7 Å². The van der Waals surface area contributed by atoms with Crippen LogP contribution in [0.4, 0.5) is 5.69 Å². The average molecular weight is 377 g/mol. The molecule has 0 bridgehead atoms. The molecule has 7 heteroatoms. The Hall–Kier alpha value is -3.58. The van der Waals surface area contributed by atoms with E-state index in [0.717, 1.165) is 11.1 Å². The Bertz CT molecular complexity index is 1060. The van der Waals surface area contributed by atoms with Crippen LogP contribution in [0.15, 0.2) is 48.7 Å². The van der Waals surface area contributed by atoms with Crippen molar-refractivity contribution in [2.45, 2.75) is 20.5 Å². The maximum atomic E-state index is 12.8. The fraction of sp³-hybridized carbons (Fsp3) is 0.143. The second-order valence-corrected chi connectivity index (χ2v) is 6.31. The molecule has 3 rings (SSSR count). The van der Waals surface area contributed by atoms with Gasteiger partial charge in [0, 0.05) is 23.0 Å². The van der Waals surface area contributed by atoms with E-state index in [0.29, 0.717) is 22.5 Å². The number of carbonyl (C=O) groups excluding carboxylic acids is 1. The highest BCUT2D eigenvalue weighted by Crippen LogP contribution is 2.22. The quantitative estimate of drug-likeness (QED) is 0.629. The first-order valence-electron chi connectivity index (χ1n) is 8.58. The zero-order chi connectivity index (χ0) is 20.3. The Balaban J connectivity index is 1.94. The molecule has 0 aliphatic carbocycles. The molecular weight excluding hydrogens is 358 g/mol. The molecule has 0 unspecified atom stereocenters.